The molecule has 1 atom stereocenters. The molecule has 1 nitrogen and oxygen atoms in total. The standard InChI is InChI=1S/C12H18FN/c1-9(2)12(3,13)11-6-4-10(8-14)5-7-11/h4-7,9H,8,14H2,1-3H3. The van der Waals surface area contributed by atoms with E-state index in [1.54, 1.807) is 6.92 Å². The lowest BCUT2D eigenvalue weighted by Gasteiger charge is -2.25. The molecule has 0 aliphatic heterocycles. The van der Waals surface area contributed by atoms with Crippen LogP contribution in [0.25, 0.3) is 0 Å². The van der Waals surface area contributed by atoms with Gasteiger partial charge < -0.3 is 5.73 Å². The quantitative estimate of drug-likeness (QED) is 0.788. The van der Waals surface area contributed by atoms with E-state index in [9.17, 15) is 4.39 Å². The summed E-state index contributed by atoms with van der Waals surface area (Å²) in [7, 11) is 0. The molecule has 14 heavy (non-hydrogen) atoms. The van der Waals surface area contributed by atoms with Gasteiger partial charge in [0.25, 0.3) is 0 Å². The van der Waals surface area contributed by atoms with E-state index < -0.39 is 5.67 Å². The maximum absolute atomic E-state index is 14.1. The molecule has 78 valence electrons. The SMILES string of the molecule is CC(C)C(C)(F)c1ccc(CN)cc1. The van der Waals surface area contributed by atoms with E-state index in [4.69, 9.17) is 5.73 Å². The summed E-state index contributed by atoms with van der Waals surface area (Å²) in [5.41, 5.74) is 5.98. The average molecular weight is 195 g/mol. The summed E-state index contributed by atoms with van der Waals surface area (Å²) in [6.07, 6.45) is 0. The molecule has 0 heterocycles. The van der Waals surface area contributed by atoms with Gasteiger partial charge in [-0.1, -0.05) is 38.1 Å². The van der Waals surface area contributed by atoms with Gasteiger partial charge in [-0.15, -0.1) is 0 Å². The molecule has 2 N–H and O–H groups in total. The van der Waals surface area contributed by atoms with E-state index in [-0.39, 0.29) is 5.92 Å². The third-order valence-corrected chi connectivity index (χ3v) is 2.84. The van der Waals surface area contributed by atoms with Crippen molar-refractivity contribution in [2.45, 2.75) is 33.0 Å². The molecule has 0 aliphatic carbocycles. The van der Waals surface area contributed by atoms with E-state index in [1.807, 2.05) is 38.1 Å². The highest BCUT2D eigenvalue weighted by Gasteiger charge is 2.29. The highest BCUT2D eigenvalue weighted by Crippen LogP contribution is 2.33. The molecule has 0 radical (unpaired) electrons. The average Bonchev–Trinajstić information content (AvgIpc) is 2.17. The summed E-state index contributed by atoms with van der Waals surface area (Å²) in [5, 5.41) is 0. The van der Waals surface area contributed by atoms with Crippen LogP contribution in [-0.2, 0) is 12.2 Å². The Bertz CT molecular complexity index is 288. The number of nitrogens with two attached hydrogens (primary N) is 1. The van der Waals surface area contributed by atoms with Gasteiger partial charge in [-0.2, -0.15) is 0 Å². The first-order chi connectivity index (χ1) is 6.48. The Morgan fingerprint density at radius 3 is 2.14 bits per heavy atom. The zero-order chi connectivity index (χ0) is 10.8. The van der Waals surface area contributed by atoms with Crippen LogP contribution < -0.4 is 5.73 Å². The van der Waals surface area contributed by atoms with Crippen molar-refractivity contribution in [3.05, 3.63) is 35.4 Å². The number of halogens is 1. The predicted octanol–water partition coefficient (Wildman–Crippen LogP) is 2.99. The lowest BCUT2D eigenvalue weighted by molar-refractivity contribution is 0.123. The summed E-state index contributed by atoms with van der Waals surface area (Å²) in [6, 6.07) is 7.41. The smallest absolute Gasteiger partial charge is 0.135 e. The second kappa shape index (κ2) is 4.09. The molecular formula is C12H18FN. The molecule has 1 aromatic rings. The second-order valence-electron chi connectivity index (χ2n) is 4.13. The molecular weight excluding hydrogens is 177 g/mol. The normalized spacial score (nSPS) is 15.6. The van der Waals surface area contributed by atoms with Gasteiger partial charge in [0, 0.05) is 6.54 Å². The van der Waals surface area contributed by atoms with Crippen molar-refractivity contribution in [2.75, 3.05) is 0 Å². The maximum atomic E-state index is 14.1. The van der Waals surface area contributed by atoms with Gasteiger partial charge in [-0.3, -0.25) is 0 Å². The lowest BCUT2D eigenvalue weighted by Crippen LogP contribution is -2.22. The highest BCUT2D eigenvalue weighted by molar-refractivity contribution is 5.27. The summed E-state index contributed by atoms with van der Waals surface area (Å²) >= 11 is 0. The van der Waals surface area contributed by atoms with Gasteiger partial charge in [0.15, 0.2) is 0 Å². The molecule has 0 saturated heterocycles. The maximum Gasteiger partial charge on any atom is 0.135 e. The largest absolute Gasteiger partial charge is 0.326 e. The molecule has 0 amide bonds. The van der Waals surface area contributed by atoms with Gasteiger partial charge in [0.05, 0.1) is 0 Å². The van der Waals surface area contributed by atoms with E-state index >= 15 is 0 Å². The van der Waals surface area contributed by atoms with Crippen LogP contribution in [0.5, 0.6) is 0 Å². The van der Waals surface area contributed by atoms with Crippen LogP contribution >= 0.6 is 0 Å². The van der Waals surface area contributed by atoms with Crippen LogP contribution in [0, 0.1) is 5.92 Å². The molecule has 0 aliphatic rings. The Kier molecular flexibility index (Phi) is 3.27. The Labute approximate surface area is 85.1 Å². The topological polar surface area (TPSA) is 26.0 Å². The van der Waals surface area contributed by atoms with Gasteiger partial charge in [0.1, 0.15) is 5.67 Å². The van der Waals surface area contributed by atoms with Crippen molar-refractivity contribution in [1.82, 2.24) is 0 Å². The first-order valence-corrected chi connectivity index (χ1v) is 4.97. The van der Waals surface area contributed by atoms with Crippen LogP contribution in [0.1, 0.15) is 31.9 Å². The fraction of sp³-hybridized carbons (Fsp3) is 0.500. The van der Waals surface area contributed by atoms with Crippen molar-refractivity contribution < 1.29 is 4.39 Å². The van der Waals surface area contributed by atoms with Crippen LogP contribution in [0.15, 0.2) is 24.3 Å². The van der Waals surface area contributed by atoms with Crippen LogP contribution in [0.3, 0.4) is 0 Å². The van der Waals surface area contributed by atoms with Crippen LogP contribution in [-0.4, -0.2) is 0 Å². The number of hydrogen-bond donors (Lipinski definition) is 1. The number of hydrogen-bond acceptors (Lipinski definition) is 1. The lowest BCUT2D eigenvalue weighted by atomic mass is 9.87. The molecule has 0 bridgehead atoms. The first kappa shape index (κ1) is 11.2. The van der Waals surface area contributed by atoms with Gasteiger partial charge in [-0.25, -0.2) is 4.39 Å². The van der Waals surface area contributed by atoms with Crippen LogP contribution in [0.2, 0.25) is 0 Å². The molecule has 0 aromatic heterocycles. The van der Waals surface area contributed by atoms with Crippen molar-refractivity contribution in [3.63, 3.8) is 0 Å². The zero-order valence-corrected chi connectivity index (χ0v) is 9.05. The summed E-state index contributed by atoms with van der Waals surface area (Å²) < 4.78 is 14.1. The second-order valence-corrected chi connectivity index (χ2v) is 4.13. The molecule has 0 saturated carbocycles. The van der Waals surface area contributed by atoms with E-state index in [0.717, 1.165) is 11.1 Å². The molecule has 0 fully saturated rings. The van der Waals surface area contributed by atoms with E-state index in [2.05, 4.69) is 0 Å². The minimum Gasteiger partial charge on any atom is -0.326 e. The van der Waals surface area contributed by atoms with Gasteiger partial charge in [0.2, 0.25) is 0 Å². The molecule has 2 heteroatoms. The zero-order valence-electron chi connectivity index (χ0n) is 9.05. The fourth-order valence-corrected chi connectivity index (χ4v) is 1.30. The third kappa shape index (κ3) is 2.13. The predicted molar refractivity (Wildman–Crippen MR) is 57.6 cm³/mol. The fourth-order valence-electron chi connectivity index (χ4n) is 1.30. The molecule has 1 aromatic carbocycles. The number of rotatable bonds is 3. The Balaban J connectivity index is 2.97. The summed E-state index contributed by atoms with van der Waals surface area (Å²) in [5.74, 6) is -0.0220. The van der Waals surface area contributed by atoms with Crippen molar-refractivity contribution in [3.8, 4) is 0 Å². The highest BCUT2D eigenvalue weighted by atomic mass is 19.1. The monoisotopic (exact) mass is 195 g/mol. The molecule has 1 unspecified atom stereocenters. The van der Waals surface area contributed by atoms with Crippen LogP contribution in [0.4, 0.5) is 4.39 Å². The Morgan fingerprint density at radius 2 is 1.79 bits per heavy atom. The van der Waals surface area contributed by atoms with E-state index in [1.165, 1.54) is 0 Å². The minimum absolute atomic E-state index is 0.0220. The summed E-state index contributed by atoms with van der Waals surface area (Å²) in [4.78, 5) is 0. The van der Waals surface area contributed by atoms with E-state index in [0.29, 0.717) is 6.54 Å². The Morgan fingerprint density at radius 1 is 1.29 bits per heavy atom. The molecule has 1 rings (SSSR count). The van der Waals surface area contributed by atoms with Crippen molar-refractivity contribution in [2.24, 2.45) is 11.7 Å². The molecule has 0 spiro atoms. The van der Waals surface area contributed by atoms with Gasteiger partial charge >= 0.3 is 0 Å². The third-order valence-electron chi connectivity index (χ3n) is 2.84. The Hall–Kier alpha value is -0.890. The first-order valence-electron chi connectivity index (χ1n) is 4.97. The van der Waals surface area contributed by atoms with Gasteiger partial charge in [-0.05, 0) is 24.0 Å². The minimum atomic E-state index is -1.26. The van der Waals surface area contributed by atoms with Crippen molar-refractivity contribution in [1.29, 1.82) is 0 Å². The summed E-state index contributed by atoms with van der Waals surface area (Å²) in [6.45, 7) is 5.90. The number of benzene rings is 1. The number of alkyl halides is 1. The van der Waals surface area contributed by atoms with Crippen molar-refractivity contribution >= 4 is 0 Å².